The van der Waals surface area contributed by atoms with E-state index in [0.717, 1.165) is 141 Å². The van der Waals surface area contributed by atoms with Crippen LogP contribution in [-0.2, 0) is 52.0 Å². The Labute approximate surface area is 612 Å². The standard InChI is InChI=1S/C81H158N3O15P/c1-7-13-19-25-31-37-40-46-52-58-69(94-61-55-49-43-34-28-22-16-10-4)64-74(86)82-72(80(89)90)68-97-81-78(84-76(88)66-71(60-54-48-42-39-33-27-21-15-9-3)96-63-57-51-45-36-30-24-18-12-6)77(79(73(67-85)98-81)99-100(91,92)93)83-75(87)65-70(59-53-47-41-38-32-26-20-14-8-2)95-62-56-50-44-35-29-23-17-11-5/h69-73,77-79,81,85H,7-68H2,1-6H3,(H,82,86)(H,83,87)(H,84,88)(H,89,90)(H2,91,92,93)/t69-,70-,71-,72+,73?,77?,78?,79?,81?/m1/s1. The summed E-state index contributed by atoms with van der Waals surface area (Å²) in [5.41, 5.74) is 0. The van der Waals surface area contributed by atoms with E-state index >= 15 is 0 Å². The van der Waals surface area contributed by atoms with Crippen LogP contribution in [0.1, 0.15) is 408 Å². The normalized spacial score (nSPS) is 17.7. The van der Waals surface area contributed by atoms with Crippen molar-refractivity contribution in [3.05, 3.63) is 0 Å². The molecule has 100 heavy (non-hydrogen) atoms. The summed E-state index contributed by atoms with van der Waals surface area (Å²) in [5.74, 6) is -3.01. The van der Waals surface area contributed by atoms with Gasteiger partial charge in [0.25, 0.3) is 0 Å². The van der Waals surface area contributed by atoms with E-state index in [0.29, 0.717) is 39.1 Å². The molecule has 1 rings (SSSR count). The van der Waals surface area contributed by atoms with E-state index in [2.05, 4.69) is 57.5 Å². The van der Waals surface area contributed by atoms with Crippen LogP contribution in [0.25, 0.3) is 0 Å². The summed E-state index contributed by atoms with van der Waals surface area (Å²) in [6.45, 7) is 13.2. The molecule has 1 saturated heterocycles. The van der Waals surface area contributed by atoms with Gasteiger partial charge in [0.05, 0.1) is 56.8 Å². The van der Waals surface area contributed by atoms with Gasteiger partial charge in [0.15, 0.2) is 12.3 Å². The van der Waals surface area contributed by atoms with E-state index in [9.17, 15) is 43.7 Å². The molecule has 18 nitrogen and oxygen atoms in total. The zero-order chi connectivity index (χ0) is 73.2. The van der Waals surface area contributed by atoms with Crippen molar-refractivity contribution in [2.75, 3.05) is 33.0 Å². The lowest BCUT2D eigenvalue weighted by Gasteiger charge is -2.46. The number of carboxylic acids is 1. The molecule has 0 spiro atoms. The summed E-state index contributed by atoms with van der Waals surface area (Å²) in [6.07, 6.45) is 52.9. The number of phosphoric ester groups is 1. The molecule has 0 aromatic heterocycles. The highest BCUT2D eigenvalue weighted by Crippen LogP contribution is 2.42. The van der Waals surface area contributed by atoms with Gasteiger partial charge in [-0.1, -0.05) is 350 Å². The number of hydrogen-bond donors (Lipinski definition) is 7. The topological polar surface area (TPSA) is 258 Å². The number of amides is 3. The zero-order valence-electron chi connectivity index (χ0n) is 65.3. The molecule has 9 atom stereocenters. The molecule has 0 aliphatic carbocycles. The first-order valence-electron chi connectivity index (χ1n) is 42.2. The molecule has 0 aromatic carbocycles. The van der Waals surface area contributed by atoms with Gasteiger partial charge in [-0.3, -0.25) is 18.9 Å². The molecule has 0 bridgehead atoms. The van der Waals surface area contributed by atoms with E-state index in [1.807, 2.05) is 0 Å². The number of carbonyl (C=O) groups excluding carboxylic acids is 3. The minimum atomic E-state index is -5.40. The summed E-state index contributed by atoms with van der Waals surface area (Å²) in [5, 5.41) is 30.4. The van der Waals surface area contributed by atoms with Crippen LogP contribution < -0.4 is 16.0 Å². The van der Waals surface area contributed by atoms with Gasteiger partial charge in [0.2, 0.25) is 17.7 Å². The minimum Gasteiger partial charge on any atom is -0.480 e. The smallest absolute Gasteiger partial charge is 0.470 e. The zero-order valence-corrected chi connectivity index (χ0v) is 66.2. The first-order chi connectivity index (χ1) is 48.7. The number of aliphatic hydroxyl groups excluding tert-OH is 1. The Kier molecular flexibility index (Phi) is 65.6. The van der Waals surface area contributed by atoms with Crippen molar-refractivity contribution in [3.63, 3.8) is 0 Å². The maximum atomic E-state index is 14.9. The molecular weight excluding hydrogens is 1290 g/mol. The quantitative estimate of drug-likeness (QED) is 0.0221. The maximum absolute atomic E-state index is 14.9. The van der Waals surface area contributed by atoms with Gasteiger partial charge in [-0.15, -0.1) is 0 Å². The first kappa shape index (κ1) is 95.8. The number of nitrogens with one attached hydrogen (secondary N) is 3. The van der Waals surface area contributed by atoms with Gasteiger partial charge in [-0.25, -0.2) is 9.36 Å². The second-order valence-corrected chi connectivity index (χ2v) is 30.8. The molecule has 3 amide bonds. The predicted octanol–water partition coefficient (Wildman–Crippen LogP) is 20.2. The monoisotopic (exact) mass is 1440 g/mol. The molecule has 0 aromatic rings. The van der Waals surface area contributed by atoms with Crippen LogP contribution in [0.3, 0.4) is 0 Å². The third-order valence-corrected chi connectivity index (χ3v) is 20.6. The molecule has 1 aliphatic heterocycles. The summed E-state index contributed by atoms with van der Waals surface area (Å²) in [4.78, 5) is 78.0. The van der Waals surface area contributed by atoms with Gasteiger partial charge in [-0.2, -0.15) is 0 Å². The number of carboxylic acid groups (broad SMARTS) is 1. The highest BCUT2D eigenvalue weighted by molar-refractivity contribution is 7.46. The molecule has 1 heterocycles. The van der Waals surface area contributed by atoms with Gasteiger partial charge < -0.3 is 59.6 Å². The Balaban J connectivity index is 3.73. The van der Waals surface area contributed by atoms with E-state index < -0.39 is 99.7 Å². The van der Waals surface area contributed by atoms with Crippen LogP contribution in [-0.4, -0.2) is 132 Å². The van der Waals surface area contributed by atoms with E-state index in [1.165, 1.54) is 186 Å². The first-order valence-corrected chi connectivity index (χ1v) is 43.8. The number of hydrogen-bond acceptors (Lipinski definition) is 12. The largest absolute Gasteiger partial charge is 0.480 e. The fourth-order valence-electron chi connectivity index (χ4n) is 13.8. The number of rotatable bonds is 76. The molecule has 0 saturated carbocycles. The van der Waals surface area contributed by atoms with Crippen molar-refractivity contribution in [1.82, 2.24) is 16.0 Å². The molecule has 7 N–H and O–H groups in total. The molecule has 19 heteroatoms. The van der Waals surface area contributed by atoms with Crippen molar-refractivity contribution >= 4 is 31.5 Å². The Hall–Kier alpha value is -2.25. The Morgan fingerprint density at radius 1 is 0.390 bits per heavy atom. The Bertz CT molecular complexity index is 1850. The SMILES string of the molecule is CCCCCCCCCCC[C@H](CC(=O)NC1C(OC[C@H](NC(=O)C[C@@H](CCCCCCCCCCC)OCCCCCCCCCC)C(=O)O)OC(CO)C(OP(=O)(O)O)C1NC(=O)C[C@@H](CCCCCCCCCCC)OCCCCCCCCCC)OCCCCCCCCCC. The maximum Gasteiger partial charge on any atom is 0.470 e. The third kappa shape index (κ3) is 56.1. The molecule has 0 radical (unpaired) electrons. The van der Waals surface area contributed by atoms with Gasteiger partial charge >= 0.3 is 13.8 Å². The Morgan fingerprint density at radius 2 is 0.660 bits per heavy atom. The van der Waals surface area contributed by atoms with Gasteiger partial charge in [0.1, 0.15) is 18.2 Å². The number of aliphatic carboxylic acids is 1. The van der Waals surface area contributed by atoms with Crippen molar-refractivity contribution in [2.45, 2.75) is 462 Å². The number of aliphatic hydroxyl groups is 1. The average molecular weight is 1450 g/mol. The van der Waals surface area contributed by atoms with Gasteiger partial charge in [0, 0.05) is 19.8 Å². The van der Waals surface area contributed by atoms with Crippen LogP contribution in [0.4, 0.5) is 0 Å². The molecule has 1 fully saturated rings. The lowest BCUT2D eigenvalue weighted by atomic mass is 9.93. The molecule has 1 aliphatic rings. The molecular formula is C81H158N3O15P. The summed E-state index contributed by atoms with van der Waals surface area (Å²) in [7, 11) is -5.40. The van der Waals surface area contributed by atoms with Crippen LogP contribution in [0.2, 0.25) is 0 Å². The highest BCUT2D eigenvalue weighted by atomic mass is 31.2. The number of unbranched alkanes of at least 4 members (excludes halogenated alkanes) is 45. The minimum absolute atomic E-state index is 0.0667. The van der Waals surface area contributed by atoms with Crippen LogP contribution in [0, 0.1) is 0 Å². The fourth-order valence-corrected chi connectivity index (χ4v) is 14.4. The van der Waals surface area contributed by atoms with E-state index in [-0.39, 0.29) is 19.3 Å². The summed E-state index contributed by atoms with van der Waals surface area (Å²) < 4.78 is 50.6. The summed E-state index contributed by atoms with van der Waals surface area (Å²) in [6, 6.07) is -4.60. The van der Waals surface area contributed by atoms with Crippen molar-refractivity contribution < 1.29 is 72.0 Å². The van der Waals surface area contributed by atoms with Crippen molar-refractivity contribution in [3.8, 4) is 0 Å². The van der Waals surface area contributed by atoms with E-state index in [4.69, 9.17) is 28.2 Å². The average Bonchev–Trinajstić information content (AvgIpc) is 0.781. The van der Waals surface area contributed by atoms with Crippen LogP contribution >= 0.6 is 7.82 Å². The molecule has 592 valence electrons. The second kappa shape index (κ2) is 68.6. The van der Waals surface area contributed by atoms with Crippen LogP contribution in [0.5, 0.6) is 0 Å². The van der Waals surface area contributed by atoms with Crippen molar-refractivity contribution in [1.29, 1.82) is 0 Å². The fraction of sp³-hybridized carbons (Fsp3) is 0.951. The third-order valence-electron chi connectivity index (χ3n) is 20.0. The lowest BCUT2D eigenvalue weighted by molar-refractivity contribution is -0.249. The number of phosphoric acid groups is 1. The summed E-state index contributed by atoms with van der Waals surface area (Å²) >= 11 is 0. The van der Waals surface area contributed by atoms with Crippen LogP contribution in [0.15, 0.2) is 0 Å². The lowest BCUT2D eigenvalue weighted by Crippen LogP contribution is -2.70. The number of carbonyl (C=O) groups is 4. The highest BCUT2D eigenvalue weighted by Gasteiger charge is 2.51. The van der Waals surface area contributed by atoms with Gasteiger partial charge in [-0.05, 0) is 38.5 Å². The van der Waals surface area contributed by atoms with Crippen molar-refractivity contribution in [2.24, 2.45) is 0 Å². The molecule has 5 unspecified atom stereocenters. The Morgan fingerprint density at radius 3 is 0.940 bits per heavy atom. The predicted molar refractivity (Wildman–Crippen MR) is 408 cm³/mol. The van der Waals surface area contributed by atoms with E-state index in [1.54, 1.807) is 0 Å². The second-order valence-electron chi connectivity index (χ2n) is 29.6. The number of ether oxygens (including phenoxy) is 5.